The van der Waals surface area contributed by atoms with Gasteiger partial charge in [-0.2, -0.15) is 5.10 Å². The Kier molecular flexibility index (Phi) is 4.37. The molecule has 1 N–H and O–H groups in total. The van der Waals surface area contributed by atoms with Crippen LogP contribution in [0.5, 0.6) is 0 Å². The number of nitrogens with zero attached hydrogens (tertiary/aromatic N) is 3. The van der Waals surface area contributed by atoms with E-state index in [0.717, 1.165) is 11.3 Å². The fourth-order valence-corrected chi connectivity index (χ4v) is 1.98. The summed E-state index contributed by atoms with van der Waals surface area (Å²) in [4.78, 5) is 24.2. The molecule has 1 heterocycles. The molecule has 21 heavy (non-hydrogen) atoms. The number of hydrogen-bond acceptors (Lipinski definition) is 3. The second-order valence-corrected chi connectivity index (χ2v) is 4.72. The lowest BCUT2D eigenvalue weighted by Gasteiger charge is -2.18. The molecule has 1 amide bonds. The van der Waals surface area contributed by atoms with E-state index in [4.69, 9.17) is 5.11 Å². The zero-order valence-corrected chi connectivity index (χ0v) is 12.0. The van der Waals surface area contributed by atoms with Gasteiger partial charge in [0.1, 0.15) is 6.54 Å². The molecule has 1 aromatic carbocycles. The van der Waals surface area contributed by atoms with Crippen molar-refractivity contribution < 1.29 is 14.7 Å². The van der Waals surface area contributed by atoms with Crippen molar-refractivity contribution in [1.82, 2.24) is 14.7 Å². The number of benzene rings is 1. The minimum atomic E-state index is -1.02. The van der Waals surface area contributed by atoms with Crippen LogP contribution >= 0.6 is 0 Å². The topological polar surface area (TPSA) is 75.4 Å². The maximum atomic E-state index is 12.2. The molecule has 0 bridgehead atoms. The smallest absolute Gasteiger partial charge is 0.323 e. The average molecular weight is 287 g/mol. The van der Waals surface area contributed by atoms with E-state index in [9.17, 15) is 9.59 Å². The highest BCUT2D eigenvalue weighted by molar-refractivity contribution is 5.96. The van der Waals surface area contributed by atoms with E-state index in [1.807, 2.05) is 13.1 Å². The molecule has 0 spiro atoms. The van der Waals surface area contributed by atoms with E-state index in [2.05, 4.69) is 5.10 Å². The molecule has 0 radical (unpaired) electrons. The van der Waals surface area contributed by atoms with Crippen LogP contribution in [0.15, 0.2) is 36.7 Å². The summed E-state index contributed by atoms with van der Waals surface area (Å²) < 4.78 is 1.72. The van der Waals surface area contributed by atoms with Gasteiger partial charge in [0.2, 0.25) is 0 Å². The Morgan fingerprint density at radius 1 is 1.29 bits per heavy atom. The first-order valence-electron chi connectivity index (χ1n) is 6.64. The third kappa shape index (κ3) is 3.47. The number of carboxylic acids is 1. The second-order valence-electron chi connectivity index (χ2n) is 4.72. The van der Waals surface area contributed by atoms with Crippen LogP contribution in [0.4, 0.5) is 0 Å². The number of aromatic nitrogens is 2. The van der Waals surface area contributed by atoms with Crippen LogP contribution in [-0.2, 0) is 4.79 Å². The first-order chi connectivity index (χ1) is 10.0. The van der Waals surface area contributed by atoms with Crippen molar-refractivity contribution >= 4 is 11.9 Å². The molecule has 0 unspecified atom stereocenters. The van der Waals surface area contributed by atoms with Gasteiger partial charge in [-0.1, -0.05) is 0 Å². The molecule has 1 aromatic heterocycles. The molecule has 0 atom stereocenters. The fourth-order valence-electron chi connectivity index (χ4n) is 1.98. The Hall–Kier alpha value is -2.63. The number of carbonyl (C=O) groups is 2. The van der Waals surface area contributed by atoms with E-state index < -0.39 is 5.97 Å². The highest BCUT2D eigenvalue weighted by Gasteiger charge is 2.16. The molecule has 0 saturated heterocycles. The van der Waals surface area contributed by atoms with Crippen molar-refractivity contribution in [3.05, 3.63) is 47.8 Å². The summed E-state index contributed by atoms with van der Waals surface area (Å²) in [6.07, 6.45) is 3.64. The van der Waals surface area contributed by atoms with Crippen molar-refractivity contribution in [1.29, 1.82) is 0 Å². The quantitative estimate of drug-likeness (QED) is 0.908. The molecule has 2 rings (SSSR count). The first kappa shape index (κ1) is 14.8. The van der Waals surface area contributed by atoms with Crippen molar-refractivity contribution in [2.45, 2.75) is 13.8 Å². The van der Waals surface area contributed by atoms with Crippen LogP contribution in [0, 0.1) is 6.92 Å². The number of carbonyl (C=O) groups excluding carboxylic acids is 1. The number of carboxylic acid groups (broad SMARTS) is 1. The summed E-state index contributed by atoms with van der Waals surface area (Å²) in [7, 11) is 0. The number of rotatable bonds is 5. The Bertz CT molecular complexity index is 646. The van der Waals surface area contributed by atoms with Crippen LogP contribution in [-0.4, -0.2) is 44.8 Å². The van der Waals surface area contributed by atoms with Crippen molar-refractivity contribution in [2.75, 3.05) is 13.1 Å². The van der Waals surface area contributed by atoms with Gasteiger partial charge >= 0.3 is 5.97 Å². The summed E-state index contributed by atoms with van der Waals surface area (Å²) >= 11 is 0. The van der Waals surface area contributed by atoms with Gasteiger partial charge in [0.25, 0.3) is 5.91 Å². The normalized spacial score (nSPS) is 10.4. The minimum absolute atomic E-state index is 0.289. The zero-order chi connectivity index (χ0) is 15.4. The molecule has 6 nitrogen and oxygen atoms in total. The van der Waals surface area contributed by atoms with E-state index in [0.29, 0.717) is 12.1 Å². The average Bonchev–Trinajstić information content (AvgIpc) is 2.90. The predicted octanol–water partition coefficient (Wildman–Crippen LogP) is 1.73. The molecule has 0 aliphatic rings. The lowest BCUT2D eigenvalue weighted by Crippen LogP contribution is -2.35. The molecule has 0 aliphatic carbocycles. The van der Waals surface area contributed by atoms with Gasteiger partial charge in [0.05, 0.1) is 11.9 Å². The third-order valence-corrected chi connectivity index (χ3v) is 3.09. The van der Waals surface area contributed by atoms with Gasteiger partial charge < -0.3 is 10.0 Å². The SMILES string of the molecule is CCN(CC(=O)O)C(=O)c1ccc(-n2cc(C)cn2)cc1. The maximum absolute atomic E-state index is 12.2. The van der Waals surface area contributed by atoms with Gasteiger partial charge in [-0.15, -0.1) is 0 Å². The summed E-state index contributed by atoms with van der Waals surface area (Å²) in [6, 6.07) is 6.93. The van der Waals surface area contributed by atoms with Gasteiger partial charge in [0.15, 0.2) is 0 Å². The van der Waals surface area contributed by atoms with E-state index in [1.165, 1.54) is 4.90 Å². The molecule has 6 heteroatoms. The van der Waals surface area contributed by atoms with Gasteiger partial charge in [-0.25, -0.2) is 4.68 Å². The third-order valence-electron chi connectivity index (χ3n) is 3.09. The minimum Gasteiger partial charge on any atom is -0.480 e. The number of aliphatic carboxylic acids is 1. The Morgan fingerprint density at radius 2 is 1.95 bits per heavy atom. The Morgan fingerprint density at radius 3 is 2.43 bits per heavy atom. The second kappa shape index (κ2) is 6.21. The molecular weight excluding hydrogens is 270 g/mol. The number of amides is 1. The lowest BCUT2D eigenvalue weighted by atomic mass is 10.2. The van der Waals surface area contributed by atoms with Crippen LogP contribution in [0.1, 0.15) is 22.8 Å². The molecule has 0 saturated carbocycles. The summed E-state index contributed by atoms with van der Waals surface area (Å²) in [5.41, 5.74) is 2.36. The van der Waals surface area contributed by atoms with Gasteiger partial charge in [-0.05, 0) is 43.7 Å². The van der Waals surface area contributed by atoms with E-state index in [1.54, 1.807) is 42.1 Å². The zero-order valence-electron chi connectivity index (χ0n) is 12.0. The highest BCUT2D eigenvalue weighted by Crippen LogP contribution is 2.12. The highest BCUT2D eigenvalue weighted by atomic mass is 16.4. The Labute approximate surface area is 122 Å². The summed E-state index contributed by atoms with van der Waals surface area (Å²) in [6.45, 7) is 3.76. The number of hydrogen-bond donors (Lipinski definition) is 1. The van der Waals surface area contributed by atoms with E-state index >= 15 is 0 Å². The van der Waals surface area contributed by atoms with Crippen LogP contribution < -0.4 is 0 Å². The maximum Gasteiger partial charge on any atom is 0.323 e. The van der Waals surface area contributed by atoms with Crippen LogP contribution in [0.3, 0.4) is 0 Å². The monoisotopic (exact) mass is 287 g/mol. The summed E-state index contributed by atoms with van der Waals surface area (Å²) in [5, 5.41) is 13.0. The molecular formula is C15H17N3O3. The number of aryl methyl sites for hydroxylation is 1. The molecule has 0 aliphatic heterocycles. The largest absolute Gasteiger partial charge is 0.480 e. The predicted molar refractivity (Wildman–Crippen MR) is 77.5 cm³/mol. The van der Waals surface area contributed by atoms with Gasteiger partial charge in [-0.3, -0.25) is 9.59 Å². The standard InChI is InChI=1S/C15H17N3O3/c1-3-17(10-14(19)20)15(21)12-4-6-13(7-5-12)18-9-11(2)8-16-18/h4-9H,3,10H2,1-2H3,(H,19,20). The van der Waals surface area contributed by atoms with Crippen LogP contribution in [0.2, 0.25) is 0 Å². The summed E-state index contributed by atoms with van der Waals surface area (Å²) in [5.74, 6) is -1.31. The fraction of sp³-hybridized carbons (Fsp3) is 0.267. The van der Waals surface area contributed by atoms with E-state index in [-0.39, 0.29) is 12.5 Å². The van der Waals surface area contributed by atoms with Crippen molar-refractivity contribution in [3.63, 3.8) is 0 Å². The van der Waals surface area contributed by atoms with Crippen molar-refractivity contribution in [2.24, 2.45) is 0 Å². The first-order valence-corrected chi connectivity index (χ1v) is 6.64. The van der Waals surface area contributed by atoms with Gasteiger partial charge in [0, 0.05) is 18.3 Å². The van der Waals surface area contributed by atoms with Crippen molar-refractivity contribution in [3.8, 4) is 5.69 Å². The molecule has 110 valence electrons. The molecule has 0 fully saturated rings. The molecule has 2 aromatic rings. The number of likely N-dealkylation sites (N-methyl/N-ethyl adjacent to an activating group) is 1. The van der Waals surface area contributed by atoms with Crippen LogP contribution in [0.25, 0.3) is 5.69 Å². The Balaban J connectivity index is 2.18. The lowest BCUT2D eigenvalue weighted by molar-refractivity contribution is -0.137.